The van der Waals surface area contributed by atoms with Crippen LogP contribution in [0.3, 0.4) is 0 Å². The molecule has 1 aromatic carbocycles. The lowest BCUT2D eigenvalue weighted by atomic mass is 10.3. The summed E-state index contributed by atoms with van der Waals surface area (Å²) in [5, 5.41) is 1.80. The van der Waals surface area contributed by atoms with E-state index in [0.717, 1.165) is 18.2 Å². The van der Waals surface area contributed by atoms with E-state index >= 15 is 0 Å². The molecule has 0 saturated carbocycles. The maximum absolute atomic E-state index is 13.1. The Labute approximate surface area is 90.2 Å². The predicted octanol–water partition coefficient (Wildman–Crippen LogP) is 1.47. The molecule has 0 unspecified atom stereocenters. The zero-order chi connectivity index (χ0) is 12.1. The maximum atomic E-state index is 13.1. The Morgan fingerprint density at radius 3 is 2.38 bits per heavy atom. The topological polar surface area (TPSA) is 55.4 Å². The van der Waals surface area contributed by atoms with Crippen LogP contribution in [-0.2, 0) is 14.3 Å². The number of para-hydroxylation sites is 1. The fourth-order valence-electron chi connectivity index (χ4n) is 0.978. The highest BCUT2D eigenvalue weighted by Crippen LogP contribution is 2.17. The average Bonchev–Trinajstić information content (AvgIpc) is 2.23. The molecule has 86 valence electrons. The first-order chi connectivity index (χ1) is 7.56. The number of anilines is 1. The van der Waals surface area contributed by atoms with E-state index < -0.39 is 29.2 Å². The SMILES string of the molecule is CCOC(=O)C(=O)Nc1c(F)cccc1F. The van der Waals surface area contributed by atoms with Gasteiger partial charge in [-0.05, 0) is 19.1 Å². The normalized spacial score (nSPS) is 9.69. The maximum Gasteiger partial charge on any atom is 0.397 e. The number of hydrogen-bond donors (Lipinski definition) is 1. The highest BCUT2D eigenvalue weighted by molar-refractivity contribution is 6.37. The van der Waals surface area contributed by atoms with Crippen LogP contribution in [0.25, 0.3) is 0 Å². The molecule has 1 aromatic rings. The van der Waals surface area contributed by atoms with E-state index in [1.807, 2.05) is 0 Å². The van der Waals surface area contributed by atoms with Crippen molar-refractivity contribution in [2.24, 2.45) is 0 Å². The fourth-order valence-corrected chi connectivity index (χ4v) is 0.978. The molecule has 1 amide bonds. The Morgan fingerprint density at radius 2 is 1.88 bits per heavy atom. The summed E-state index contributed by atoms with van der Waals surface area (Å²) in [6.45, 7) is 1.51. The Morgan fingerprint density at radius 1 is 1.31 bits per heavy atom. The second-order valence-electron chi connectivity index (χ2n) is 2.77. The number of amides is 1. The Hall–Kier alpha value is -1.98. The highest BCUT2D eigenvalue weighted by atomic mass is 19.1. The first kappa shape index (κ1) is 12.1. The smallest absolute Gasteiger partial charge is 0.397 e. The van der Waals surface area contributed by atoms with Crippen LogP contribution in [0.15, 0.2) is 18.2 Å². The third kappa shape index (κ3) is 2.75. The number of nitrogens with one attached hydrogen (secondary N) is 1. The van der Waals surface area contributed by atoms with Crippen LogP contribution in [0.5, 0.6) is 0 Å². The zero-order valence-corrected chi connectivity index (χ0v) is 8.42. The molecule has 0 spiro atoms. The molecule has 4 nitrogen and oxygen atoms in total. The van der Waals surface area contributed by atoms with E-state index in [0.29, 0.717) is 0 Å². The van der Waals surface area contributed by atoms with E-state index in [2.05, 4.69) is 4.74 Å². The molecule has 0 aliphatic rings. The van der Waals surface area contributed by atoms with Crippen molar-refractivity contribution in [1.82, 2.24) is 0 Å². The second-order valence-corrected chi connectivity index (χ2v) is 2.77. The first-order valence-corrected chi connectivity index (χ1v) is 4.48. The lowest BCUT2D eigenvalue weighted by Crippen LogP contribution is -2.26. The molecule has 0 fully saturated rings. The van der Waals surface area contributed by atoms with Crippen LogP contribution in [-0.4, -0.2) is 18.5 Å². The van der Waals surface area contributed by atoms with Crippen molar-refractivity contribution in [3.63, 3.8) is 0 Å². The average molecular weight is 229 g/mol. The summed E-state index contributed by atoms with van der Waals surface area (Å²) in [4.78, 5) is 22.0. The van der Waals surface area contributed by atoms with E-state index in [1.165, 1.54) is 6.92 Å². The molecule has 1 N–H and O–H groups in total. The monoisotopic (exact) mass is 229 g/mol. The molecule has 0 aromatic heterocycles. The van der Waals surface area contributed by atoms with Gasteiger partial charge in [0.2, 0.25) is 0 Å². The fraction of sp³-hybridized carbons (Fsp3) is 0.200. The molecular weight excluding hydrogens is 220 g/mol. The number of benzene rings is 1. The summed E-state index contributed by atoms with van der Waals surface area (Å²) in [7, 11) is 0. The summed E-state index contributed by atoms with van der Waals surface area (Å²) in [6.07, 6.45) is 0. The molecule has 16 heavy (non-hydrogen) atoms. The molecule has 0 saturated heterocycles. The van der Waals surface area contributed by atoms with Gasteiger partial charge in [0, 0.05) is 0 Å². The highest BCUT2D eigenvalue weighted by Gasteiger charge is 2.18. The molecule has 0 aliphatic heterocycles. The van der Waals surface area contributed by atoms with Gasteiger partial charge in [0.05, 0.1) is 6.61 Å². The molecule has 0 aliphatic carbocycles. The lowest BCUT2D eigenvalue weighted by molar-refractivity contribution is -0.152. The molecular formula is C10H9F2NO3. The van der Waals surface area contributed by atoms with E-state index in [-0.39, 0.29) is 6.61 Å². The van der Waals surface area contributed by atoms with Crippen LogP contribution in [0.4, 0.5) is 14.5 Å². The van der Waals surface area contributed by atoms with Crippen molar-refractivity contribution < 1.29 is 23.1 Å². The van der Waals surface area contributed by atoms with E-state index in [4.69, 9.17) is 0 Å². The minimum Gasteiger partial charge on any atom is -0.459 e. The second kappa shape index (κ2) is 5.20. The van der Waals surface area contributed by atoms with Gasteiger partial charge in [-0.3, -0.25) is 4.79 Å². The molecule has 0 bridgehead atoms. The van der Waals surface area contributed by atoms with Gasteiger partial charge in [0.15, 0.2) is 0 Å². The van der Waals surface area contributed by atoms with Crippen LogP contribution < -0.4 is 5.32 Å². The third-order valence-electron chi connectivity index (χ3n) is 1.66. The third-order valence-corrected chi connectivity index (χ3v) is 1.66. The molecule has 0 radical (unpaired) electrons. The van der Waals surface area contributed by atoms with Gasteiger partial charge in [0.1, 0.15) is 17.3 Å². The number of ether oxygens (including phenoxy) is 1. The largest absolute Gasteiger partial charge is 0.459 e. The first-order valence-electron chi connectivity index (χ1n) is 4.48. The summed E-state index contributed by atoms with van der Waals surface area (Å²) < 4.78 is 30.5. The summed E-state index contributed by atoms with van der Waals surface area (Å²) in [6, 6.07) is 3.07. The van der Waals surface area contributed by atoms with Gasteiger partial charge >= 0.3 is 11.9 Å². The van der Waals surface area contributed by atoms with Gasteiger partial charge in [-0.15, -0.1) is 0 Å². The molecule has 0 heterocycles. The van der Waals surface area contributed by atoms with Gasteiger partial charge in [-0.2, -0.15) is 0 Å². The zero-order valence-electron chi connectivity index (χ0n) is 8.42. The van der Waals surface area contributed by atoms with Gasteiger partial charge in [0.25, 0.3) is 0 Å². The quantitative estimate of drug-likeness (QED) is 0.617. The summed E-state index contributed by atoms with van der Waals surface area (Å²) in [5.41, 5.74) is -0.666. The van der Waals surface area contributed by atoms with Crippen LogP contribution >= 0.6 is 0 Å². The number of carbonyl (C=O) groups excluding carboxylic acids is 2. The van der Waals surface area contributed by atoms with Crippen LogP contribution in [0.1, 0.15) is 6.92 Å². The van der Waals surface area contributed by atoms with Gasteiger partial charge in [-0.1, -0.05) is 6.07 Å². The molecule has 1 rings (SSSR count). The minimum atomic E-state index is -1.22. The predicted molar refractivity (Wildman–Crippen MR) is 51.6 cm³/mol. The number of halogens is 2. The Kier molecular flexibility index (Phi) is 3.93. The number of rotatable bonds is 2. The molecule has 6 heteroatoms. The van der Waals surface area contributed by atoms with Crippen molar-refractivity contribution in [1.29, 1.82) is 0 Å². The van der Waals surface area contributed by atoms with Crippen molar-refractivity contribution in [3.8, 4) is 0 Å². The van der Waals surface area contributed by atoms with Crippen molar-refractivity contribution in [2.75, 3.05) is 11.9 Å². The van der Waals surface area contributed by atoms with Crippen molar-refractivity contribution in [3.05, 3.63) is 29.8 Å². The van der Waals surface area contributed by atoms with Crippen molar-refractivity contribution >= 4 is 17.6 Å². The number of carbonyl (C=O) groups is 2. The summed E-state index contributed by atoms with van der Waals surface area (Å²) in [5.74, 6) is -4.33. The Bertz CT molecular complexity index is 400. The van der Waals surface area contributed by atoms with E-state index in [9.17, 15) is 18.4 Å². The van der Waals surface area contributed by atoms with Gasteiger partial charge < -0.3 is 10.1 Å². The number of esters is 1. The Balaban J connectivity index is 2.81. The standard InChI is InChI=1S/C10H9F2NO3/c1-2-16-10(15)9(14)13-8-6(11)4-3-5-7(8)12/h3-5H,2H2,1H3,(H,13,14). The van der Waals surface area contributed by atoms with Crippen LogP contribution in [0, 0.1) is 11.6 Å². The minimum absolute atomic E-state index is 0.00596. The van der Waals surface area contributed by atoms with E-state index in [1.54, 1.807) is 5.32 Å². The number of hydrogen-bond acceptors (Lipinski definition) is 3. The van der Waals surface area contributed by atoms with Gasteiger partial charge in [-0.25, -0.2) is 13.6 Å². The summed E-state index contributed by atoms with van der Waals surface area (Å²) >= 11 is 0. The van der Waals surface area contributed by atoms with Crippen molar-refractivity contribution in [2.45, 2.75) is 6.92 Å². The lowest BCUT2D eigenvalue weighted by Gasteiger charge is -2.06. The molecule has 0 atom stereocenters. The van der Waals surface area contributed by atoms with Crippen LogP contribution in [0.2, 0.25) is 0 Å².